The maximum absolute atomic E-state index is 12.9. The van der Waals surface area contributed by atoms with Crippen LogP contribution in [-0.4, -0.2) is 65.9 Å². The quantitative estimate of drug-likeness (QED) is 0.833. The zero-order chi connectivity index (χ0) is 18.1. The van der Waals surface area contributed by atoms with Gasteiger partial charge in [-0.15, -0.1) is 0 Å². The number of nitrogens with zero attached hydrogens (tertiary/aromatic N) is 4. The Kier molecular flexibility index (Phi) is 4.59. The molecule has 1 aromatic heterocycles. The molecular weight excluding hydrogens is 328 g/mol. The lowest BCUT2D eigenvalue weighted by molar-refractivity contribution is -0.144. The molecule has 0 unspecified atom stereocenters. The predicted octanol–water partition coefficient (Wildman–Crippen LogP) is 2.16. The van der Waals surface area contributed by atoms with Crippen LogP contribution < -0.4 is 4.90 Å². The second-order valence-corrected chi connectivity index (χ2v) is 7.84. The Bertz CT molecular complexity index is 684. The molecule has 2 amide bonds. The van der Waals surface area contributed by atoms with E-state index in [1.807, 2.05) is 21.9 Å². The molecule has 4 rings (SSSR count). The Morgan fingerprint density at radius 3 is 2.62 bits per heavy atom. The molecule has 0 radical (unpaired) electrons. The molecule has 1 aromatic rings. The summed E-state index contributed by atoms with van der Waals surface area (Å²) in [5.74, 6) is 1.27. The number of likely N-dealkylation sites (tertiary alicyclic amines) is 2. The third-order valence-electron chi connectivity index (χ3n) is 6.27. The van der Waals surface area contributed by atoms with Crippen molar-refractivity contribution in [1.29, 1.82) is 0 Å². The first-order valence-corrected chi connectivity index (χ1v) is 9.93. The lowest BCUT2D eigenvalue weighted by atomic mass is 9.78. The fraction of sp³-hybridized carbons (Fsp3) is 0.650. The molecule has 26 heavy (non-hydrogen) atoms. The molecule has 3 fully saturated rings. The van der Waals surface area contributed by atoms with Crippen molar-refractivity contribution in [3.63, 3.8) is 0 Å². The largest absolute Gasteiger partial charge is 0.356 e. The molecular formula is C20H28N4O2. The highest BCUT2D eigenvalue weighted by Crippen LogP contribution is 2.41. The van der Waals surface area contributed by atoms with Gasteiger partial charge in [0.1, 0.15) is 5.82 Å². The van der Waals surface area contributed by atoms with Gasteiger partial charge in [0.05, 0.1) is 11.0 Å². The summed E-state index contributed by atoms with van der Waals surface area (Å²) in [6.45, 7) is 7.05. The van der Waals surface area contributed by atoms with Crippen molar-refractivity contribution in [2.45, 2.75) is 39.0 Å². The Morgan fingerprint density at radius 1 is 1.12 bits per heavy atom. The molecule has 0 bridgehead atoms. The number of carbonyl (C=O) groups excluding carboxylic acids is 2. The van der Waals surface area contributed by atoms with Gasteiger partial charge in [0.25, 0.3) is 5.91 Å². The molecule has 1 spiro atoms. The number of carbonyl (C=O) groups is 2. The van der Waals surface area contributed by atoms with E-state index in [0.29, 0.717) is 11.5 Å². The topological polar surface area (TPSA) is 56.8 Å². The molecule has 140 valence electrons. The molecule has 3 saturated heterocycles. The van der Waals surface area contributed by atoms with E-state index in [-0.39, 0.29) is 11.3 Å². The van der Waals surface area contributed by atoms with Crippen LogP contribution in [0.1, 0.15) is 49.4 Å². The average Bonchev–Trinajstić information content (AvgIpc) is 3.35. The van der Waals surface area contributed by atoms with Crippen molar-refractivity contribution in [3.8, 4) is 0 Å². The number of hydrogen-bond acceptors (Lipinski definition) is 4. The molecule has 3 aliphatic rings. The lowest BCUT2D eigenvalue weighted by Gasteiger charge is -2.38. The monoisotopic (exact) mass is 356 g/mol. The van der Waals surface area contributed by atoms with Crippen molar-refractivity contribution in [1.82, 2.24) is 14.8 Å². The number of aromatic nitrogens is 1. The zero-order valence-electron chi connectivity index (χ0n) is 15.6. The third-order valence-corrected chi connectivity index (χ3v) is 6.27. The fourth-order valence-electron chi connectivity index (χ4n) is 4.70. The summed E-state index contributed by atoms with van der Waals surface area (Å²) < 4.78 is 0. The smallest absolute Gasteiger partial charge is 0.255 e. The second-order valence-electron chi connectivity index (χ2n) is 7.84. The van der Waals surface area contributed by atoms with E-state index in [9.17, 15) is 9.59 Å². The number of pyridine rings is 1. The van der Waals surface area contributed by atoms with Crippen molar-refractivity contribution < 1.29 is 9.59 Å². The Balaban J connectivity index is 1.45. The molecule has 4 heterocycles. The van der Waals surface area contributed by atoms with Gasteiger partial charge >= 0.3 is 0 Å². The first-order chi connectivity index (χ1) is 12.6. The van der Waals surface area contributed by atoms with Crippen molar-refractivity contribution in [2.75, 3.05) is 44.2 Å². The Hall–Kier alpha value is -2.11. The molecule has 0 saturated carbocycles. The van der Waals surface area contributed by atoms with Crippen LogP contribution in [-0.2, 0) is 4.79 Å². The molecule has 1 atom stereocenters. The number of hydrogen-bond donors (Lipinski definition) is 0. The number of amides is 2. The maximum atomic E-state index is 12.9. The minimum absolute atomic E-state index is 0.0838. The van der Waals surface area contributed by atoms with Gasteiger partial charge in [0.2, 0.25) is 5.91 Å². The third kappa shape index (κ3) is 2.95. The van der Waals surface area contributed by atoms with Gasteiger partial charge in [-0.3, -0.25) is 9.59 Å². The second kappa shape index (κ2) is 6.89. The highest BCUT2D eigenvalue weighted by atomic mass is 16.2. The summed E-state index contributed by atoms with van der Waals surface area (Å²) in [4.78, 5) is 36.0. The Morgan fingerprint density at radius 2 is 1.92 bits per heavy atom. The summed E-state index contributed by atoms with van der Waals surface area (Å²) in [5, 5.41) is 0. The van der Waals surface area contributed by atoms with E-state index in [2.05, 4.69) is 16.8 Å². The minimum Gasteiger partial charge on any atom is -0.356 e. The SMILES string of the molecule is CCN1CCC[C@@]2(CCN(c3ccc(C(=O)N4CCCC4)cn3)C2)C1=O. The van der Waals surface area contributed by atoms with Crippen molar-refractivity contribution in [2.24, 2.45) is 5.41 Å². The Labute approximate surface area is 155 Å². The fourth-order valence-corrected chi connectivity index (χ4v) is 4.70. The average molecular weight is 356 g/mol. The van der Waals surface area contributed by atoms with Crippen LogP contribution in [0.2, 0.25) is 0 Å². The summed E-state index contributed by atoms with van der Waals surface area (Å²) in [6.07, 6.45) is 6.85. The van der Waals surface area contributed by atoms with E-state index in [4.69, 9.17) is 0 Å². The van der Waals surface area contributed by atoms with E-state index >= 15 is 0 Å². The van der Waals surface area contributed by atoms with Gasteiger partial charge in [-0.25, -0.2) is 4.98 Å². The van der Waals surface area contributed by atoms with Gasteiger partial charge in [-0.05, 0) is 51.2 Å². The standard InChI is InChI=1S/C20H28N4O2/c1-2-22-12-5-8-20(19(22)26)9-13-24(15-20)17-7-6-16(14-21-17)18(25)23-10-3-4-11-23/h6-7,14H,2-5,8-13,15H2,1H3/t20-/m0/s1. The number of piperidine rings is 1. The minimum atomic E-state index is -0.236. The van der Waals surface area contributed by atoms with Crippen LogP contribution in [0.4, 0.5) is 5.82 Å². The maximum Gasteiger partial charge on any atom is 0.255 e. The summed E-state index contributed by atoms with van der Waals surface area (Å²) in [5.41, 5.74) is 0.426. The first kappa shape index (κ1) is 17.3. The van der Waals surface area contributed by atoms with Crippen molar-refractivity contribution in [3.05, 3.63) is 23.9 Å². The summed E-state index contributed by atoms with van der Waals surface area (Å²) >= 11 is 0. The van der Waals surface area contributed by atoms with E-state index in [0.717, 1.165) is 77.2 Å². The molecule has 0 aliphatic carbocycles. The van der Waals surface area contributed by atoms with Gasteiger partial charge in [-0.1, -0.05) is 0 Å². The molecule has 0 N–H and O–H groups in total. The van der Waals surface area contributed by atoms with Crippen LogP contribution in [0.15, 0.2) is 18.3 Å². The van der Waals surface area contributed by atoms with E-state index in [1.165, 1.54) is 0 Å². The molecule has 6 heteroatoms. The van der Waals surface area contributed by atoms with E-state index in [1.54, 1.807) is 6.20 Å². The molecule has 6 nitrogen and oxygen atoms in total. The van der Waals surface area contributed by atoms with Crippen LogP contribution in [0.3, 0.4) is 0 Å². The summed E-state index contributed by atoms with van der Waals surface area (Å²) in [7, 11) is 0. The van der Waals surface area contributed by atoms with Crippen LogP contribution >= 0.6 is 0 Å². The van der Waals surface area contributed by atoms with Crippen LogP contribution in [0.5, 0.6) is 0 Å². The zero-order valence-corrected chi connectivity index (χ0v) is 15.6. The van der Waals surface area contributed by atoms with Gasteiger partial charge in [0, 0.05) is 45.5 Å². The number of anilines is 1. The summed E-state index contributed by atoms with van der Waals surface area (Å²) in [6, 6.07) is 3.82. The van der Waals surface area contributed by atoms with Crippen LogP contribution in [0.25, 0.3) is 0 Å². The van der Waals surface area contributed by atoms with E-state index < -0.39 is 0 Å². The predicted molar refractivity (Wildman–Crippen MR) is 100 cm³/mol. The highest BCUT2D eigenvalue weighted by molar-refractivity contribution is 5.94. The first-order valence-electron chi connectivity index (χ1n) is 9.93. The lowest BCUT2D eigenvalue weighted by Crippen LogP contribution is -2.49. The van der Waals surface area contributed by atoms with Crippen molar-refractivity contribution >= 4 is 17.6 Å². The van der Waals surface area contributed by atoms with Gasteiger partial charge in [-0.2, -0.15) is 0 Å². The van der Waals surface area contributed by atoms with Gasteiger partial charge in [0.15, 0.2) is 0 Å². The number of rotatable bonds is 3. The van der Waals surface area contributed by atoms with Crippen LogP contribution in [0, 0.1) is 5.41 Å². The molecule has 0 aromatic carbocycles. The highest BCUT2D eigenvalue weighted by Gasteiger charge is 2.48. The molecule has 3 aliphatic heterocycles. The normalized spacial score (nSPS) is 26.2. The van der Waals surface area contributed by atoms with Gasteiger partial charge < -0.3 is 14.7 Å².